The number of benzene rings is 1. The average molecular weight is 459 g/mol. The number of carbonyl (C=O) groups is 2. The molecule has 1 N–H and O–H groups in total. The Kier molecular flexibility index (Phi) is 4.96. The predicted molar refractivity (Wildman–Crippen MR) is 118 cm³/mol. The fourth-order valence-electron chi connectivity index (χ4n) is 6.75. The maximum atomic E-state index is 13.8. The highest BCUT2D eigenvalue weighted by atomic mass is 35.5. The molecule has 2 atom stereocenters. The van der Waals surface area contributed by atoms with E-state index in [1.807, 2.05) is 4.68 Å². The second-order valence-electron chi connectivity index (χ2n) is 9.69. The summed E-state index contributed by atoms with van der Waals surface area (Å²) < 4.78 is 12.6. The summed E-state index contributed by atoms with van der Waals surface area (Å²) in [5.74, 6) is 1.64. The minimum Gasteiger partial charge on any atom is -0.493 e. The van der Waals surface area contributed by atoms with Gasteiger partial charge in [0.15, 0.2) is 17.3 Å². The van der Waals surface area contributed by atoms with E-state index in [9.17, 15) is 9.59 Å². The summed E-state index contributed by atoms with van der Waals surface area (Å²) in [5.41, 5.74) is 0.110. The van der Waals surface area contributed by atoms with Crippen LogP contribution in [0.2, 0.25) is 5.28 Å². The number of amides is 1. The van der Waals surface area contributed by atoms with E-state index in [-0.39, 0.29) is 22.5 Å². The number of nitrogens with zero attached hydrogens (tertiary/aromatic N) is 3. The molecule has 0 unspecified atom stereocenters. The van der Waals surface area contributed by atoms with Crippen molar-refractivity contribution in [1.29, 1.82) is 0 Å². The van der Waals surface area contributed by atoms with Gasteiger partial charge in [-0.2, -0.15) is 0 Å². The van der Waals surface area contributed by atoms with E-state index < -0.39 is 5.41 Å². The van der Waals surface area contributed by atoms with E-state index in [1.165, 1.54) is 21.1 Å². The topological polar surface area (TPSA) is 95.3 Å². The number of hydrogen-bond acceptors (Lipinski definition) is 6. The van der Waals surface area contributed by atoms with E-state index in [1.54, 1.807) is 18.5 Å². The molecule has 1 heterocycles. The van der Waals surface area contributed by atoms with Gasteiger partial charge in [-0.3, -0.25) is 9.59 Å². The van der Waals surface area contributed by atoms with Crippen molar-refractivity contribution in [1.82, 2.24) is 14.8 Å². The zero-order valence-corrected chi connectivity index (χ0v) is 19.2. The molecule has 0 radical (unpaired) electrons. The van der Waals surface area contributed by atoms with Crippen LogP contribution in [0.1, 0.15) is 55.8 Å². The molecular formula is C23H27ClN4O4. The van der Waals surface area contributed by atoms with Crippen molar-refractivity contribution in [2.45, 2.75) is 51.0 Å². The zero-order chi connectivity index (χ0) is 22.7. The second-order valence-corrected chi connectivity index (χ2v) is 10.0. The van der Waals surface area contributed by atoms with Crippen LogP contribution in [-0.4, -0.2) is 40.7 Å². The molecule has 8 nitrogen and oxygen atoms in total. The van der Waals surface area contributed by atoms with Gasteiger partial charge in [0, 0.05) is 11.6 Å². The van der Waals surface area contributed by atoms with E-state index in [4.69, 9.17) is 21.1 Å². The number of rotatable bonds is 6. The van der Waals surface area contributed by atoms with Gasteiger partial charge >= 0.3 is 0 Å². The highest BCUT2D eigenvalue weighted by Gasteiger charge is 2.61. The van der Waals surface area contributed by atoms with Crippen LogP contribution in [0.4, 0.5) is 5.69 Å². The molecule has 4 saturated carbocycles. The SMILES string of the molecule is COc1cc(NC(=O)C23C[C@@H]4C[C@@H](C2)CC(n2cnc(Cl)n2)(C4)C3)c(C(C)=O)cc1OC. The lowest BCUT2D eigenvalue weighted by Gasteiger charge is -2.60. The summed E-state index contributed by atoms with van der Waals surface area (Å²) in [5, 5.41) is 7.73. The van der Waals surface area contributed by atoms with Crippen LogP contribution in [0, 0.1) is 17.3 Å². The van der Waals surface area contributed by atoms with Crippen LogP contribution in [0.15, 0.2) is 18.5 Å². The Balaban J connectivity index is 1.49. The first-order chi connectivity index (χ1) is 15.3. The van der Waals surface area contributed by atoms with Crippen LogP contribution in [-0.2, 0) is 10.3 Å². The smallest absolute Gasteiger partial charge is 0.242 e. The molecule has 4 bridgehead atoms. The molecule has 0 spiro atoms. The van der Waals surface area contributed by atoms with Gasteiger partial charge < -0.3 is 14.8 Å². The number of ether oxygens (including phenoxy) is 2. The van der Waals surface area contributed by atoms with Crippen LogP contribution < -0.4 is 14.8 Å². The van der Waals surface area contributed by atoms with Crippen molar-refractivity contribution in [3.05, 3.63) is 29.3 Å². The minimum absolute atomic E-state index is 0.0445. The van der Waals surface area contributed by atoms with Gasteiger partial charge in [0.25, 0.3) is 0 Å². The molecule has 0 saturated heterocycles. The summed E-state index contributed by atoms with van der Waals surface area (Å²) >= 11 is 6.03. The van der Waals surface area contributed by atoms with E-state index in [0.717, 1.165) is 32.1 Å². The molecular weight excluding hydrogens is 432 g/mol. The fourth-order valence-corrected chi connectivity index (χ4v) is 6.87. The number of nitrogens with one attached hydrogen (secondary N) is 1. The summed E-state index contributed by atoms with van der Waals surface area (Å²) in [7, 11) is 3.05. The Hall–Kier alpha value is -2.61. The Labute approximate surface area is 191 Å². The molecule has 4 aliphatic rings. The van der Waals surface area contributed by atoms with Crippen molar-refractivity contribution >= 4 is 29.0 Å². The Morgan fingerprint density at radius 3 is 2.34 bits per heavy atom. The van der Waals surface area contributed by atoms with Gasteiger partial charge in [-0.15, -0.1) is 5.10 Å². The normalized spacial score (nSPS) is 30.2. The lowest BCUT2D eigenvalue weighted by Crippen LogP contribution is -2.60. The number of methoxy groups -OCH3 is 2. The number of hydrogen-bond donors (Lipinski definition) is 1. The standard InChI is InChI=1S/C23H27ClN4O4/c1-13(29)16-5-18(31-2)19(32-3)6-17(16)26-20(30)22-7-14-4-15(8-22)10-23(9-14,11-22)28-12-25-21(24)27-28/h5-6,12,14-15H,4,7-11H2,1-3H3,(H,26,30)/t14-,15-,22?,23?/m0/s1. The Morgan fingerprint density at radius 1 is 1.12 bits per heavy atom. The molecule has 170 valence electrons. The molecule has 2 aromatic rings. The molecule has 6 rings (SSSR count). The predicted octanol–water partition coefficient (Wildman–Crippen LogP) is 4.09. The Morgan fingerprint density at radius 2 is 1.78 bits per heavy atom. The van der Waals surface area contributed by atoms with E-state index in [2.05, 4.69) is 15.4 Å². The number of anilines is 1. The van der Waals surface area contributed by atoms with Gasteiger partial charge in [0.2, 0.25) is 11.2 Å². The van der Waals surface area contributed by atoms with E-state index >= 15 is 0 Å². The summed E-state index contributed by atoms with van der Waals surface area (Å²) in [4.78, 5) is 30.3. The second kappa shape index (κ2) is 7.47. The third-order valence-electron chi connectivity index (χ3n) is 7.61. The van der Waals surface area contributed by atoms with Gasteiger partial charge in [-0.05, 0) is 75.0 Å². The molecule has 4 aliphatic carbocycles. The summed E-state index contributed by atoms with van der Waals surface area (Å²) in [6.07, 6.45) is 7.23. The van der Waals surface area contributed by atoms with Crippen LogP contribution in [0.5, 0.6) is 11.5 Å². The molecule has 9 heteroatoms. The van der Waals surface area contributed by atoms with E-state index in [0.29, 0.717) is 41.0 Å². The number of Topliss-reactive ketones (excluding diaryl/α,β-unsaturated/α-hetero) is 1. The van der Waals surface area contributed by atoms with Gasteiger partial charge in [0.1, 0.15) is 6.33 Å². The molecule has 1 aromatic carbocycles. The van der Waals surface area contributed by atoms with Crippen LogP contribution in [0.3, 0.4) is 0 Å². The van der Waals surface area contributed by atoms with Crippen molar-refractivity contribution < 1.29 is 19.1 Å². The first-order valence-electron chi connectivity index (χ1n) is 10.9. The van der Waals surface area contributed by atoms with Crippen molar-refractivity contribution in [2.75, 3.05) is 19.5 Å². The first-order valence-corrected chi connectivity index (χ1v) is 11.3. The van der Waals surface area contributed by atoms with Crippen LogP contribution in [0.25, 0.3) is 0 Å². The first kappa shape index (κ1) is 21.2. The van der Waals surface area contributed by atoms with Crippen molar-refractivity contribution in [3.63, 3.8) is 0 Å². The molecule has 4 fully saturated rings. The van der Waals surface area contributed by atoms with Gasteiger partial charge in [-0.1, -0.05) is 0 Å². The fraction of sp³-hybridized carbons (Fsp3) is 0.565. The molecule has 32 heavy (non-hydrogen) atoms. The minimum atomic E-state index is -0.510. The lowest BCUT2D eigenvalue weighted by molar-refractivity contribution is -0.150. The van der Waals surface area contributed by atoms with Crippen molar-refractivity contribution in [2.24, 2.45) is 17.3 Å². The highest BCUT2D eigenvalue weighted by molar-refractivity contribution is 6.28. The Bertz CT molecular complexity index is 1080. The maximum Gasteiger partial charge on any atom is 0.242 e. The zero-order valence-electron chi connectivity index (χ0n) is 18.5. The summed E-state index contributed by atoms with van der Waals surface area (Å²) in [6.45, 7) is 1.48. The highest BCUT2D eigenvalue weighted by Crippen LogP contribution is 2.64. The number of ketones is 1. The largest absolute Gasteiger partial charge is 0.493 e. The van der Waals surface area contributed by atoms with Crippen LogP contribution >= 0.6 is 11.6 Å². The number of aromatic nitrogens is 3. The number of carbonyl (C=O) groups excluding carboxylic acids is 2. The van der Waals surface area contributed by atoms with Crippen molar-refractivity contribution in [3.8, 4) is 11.5 Å². The molecule has 0 aliphatic heterocycles. The lowest BCUT2D eigenvalue weighted by atomic mass is 9.46. The number of halogens is 1. The maximum absolute atomic E-state index is 13.8. The molecule has 1 aromatic heterocycles. The monoisotopic (exact) mass is 458 g/mol. The average Bonchev–Trinajstić information content (AvgIpc) is 3.19. The third kappa shape index (κ3) is 3.27. The van der Waals surface area contributed by atoms with Gasteiger partial charge in [-0.25, -0.2) is 9.67 Å². The van der Waals surface area contributed by atoms with Gasteiger partial charge in [0.05, 0.1) is 30.9 Å². The summed E-state index contributed by atoms with van der Waals surface area (Å²) in [6, 6.07) is 3.29. The molecule has 1 amide bonds. The third-order valence-corrected chi connectivity index (χ3v) is 7.79. The quantitative estimate of drug-likeness (QED) is 0.655.